The summed E-state index contributed by atoms with van der Waals surface area (Å²) in [5, 5.41) is 16.4. The number of carbonyl (C=O) groups is 2. The van der Waals surface area contributed by atoms with Crippen LogP contribution in [0.15, 0.2) is 30.0 Å². The third-order valence-corrected chi connectivity index (χ3v) is 8.17. The molecule has 2 N–H and O–H groups in total. The number of para-hydroxylation sites is 1. The van der Waals surface area contributed by atoms with Gasteiger partial charge in [0.25, 0.3) is 5.91 Å². The SMILES string of the molecule is CC(C)N(CCCn1c2ccccc2c2c3c(c4c5c(n(C)c4c21)C(=O)CC(O)=C5)C(=O)NC3)C(C)C. The van der Waals surface area contributed by atoms with Gasteiger partial charge in [0, 0.05) is 66.0 Å². The van der Waals surface area contributed by atoms with Crippen LogP contribution in [0.5, 0.6) is 0 Å². The molecule has 2 aliphatic rings. The molecular weight excluding hydrogens is 464 g/mol. The van der Waals surface area contributed by atoms with Crippen LogP contribution in [0.25, 0.3) is 38.8 Å². The van der Waals surface area contributed by atoms with Crippen LogP contribution in [0.2, 0.25) is 0 Å². The van der Waals surface area contributed by atoms with Crippen LogP contribution < -0.4 is 5.32 Å². The number of aryl methyl sites for hydroxylation is 2. The molecule has 3 heterocycles. The molecule has 4 aromatic rings. The highest BCUT2D eigenvalue weighted by molar-refractivity contribution is 6.28. The monoisotopic (exact) mass is 498 g/mol. The summed E-state index contributed by atoms with van der Waals surface area (Å²) in [6.45, 7) is 11.2. The number of allylic oxidation sites excluding steroid dienone is 1. The fourth-order valence-electron chi connectivity index (χ4n) is 6.75. The maximum absolute atomic E-state index is 13.2. The number of aromatic nitrogens is 2. The Bertz CT molecular complexity index is 1640. The minimum atomic E-state index is -0.124. The quantitative estimate of drug-likeness (QED) is 0.367. The average molecular weight is 499 g/mol. The summed E-state index contributed by atoms with van der Waals surface area (Å²) < 4.78 is 4.34. The third-order valence-electron chi connectivity index (χ3n) is 8.17. The fourth-order valence-corrected chi connectivity index (χ4v) is 6.75. The van der Waals surface area contributed by atoms with Crippen molar-refractivity contribution in [3.8, 4) is 0 Å². The Labute approximate surface area is 216 Å². The number of aliphatic hydroxyl groups excluding tert-OH is 1. The highest BCUT2D eigenvalue weighted by Gasteiger charge is 2.35. The van der Waals surface area contributed by atoms with Crippen molar-refractivity contribution in [1.29, 1.82) is 0 Å². The van der Waals surface area contributed by atoms with Gasteiger partial charge >= 0.3 is 0 Å². The molecule has 0 radical (unpaired) electrons. The third kappa shape index (κ3) is 3.37. The van der Waals surface area contributed by atoms with E-state index in [9.17, 15) is 14.7 Å². The van der Waals surface area contributed by atoms with Gasteiger partial charge in [0.1, 0.15) is 5.76 Å². The molecule has 0 saturated carbocycles. The Morgan fingerprint density at radius 1 is 1.05 bits per heavy atom. The predicted octanol–water partition coefficient (Wildman–Crippen LogP) is 5.52. The Morgan fingerprint density at radius 2 is 1.78 bits per heavy atom. The molecule has 7 nitrogen and oxygen atoms in total. The molecule has 7 heteroatoms. The van der Waals surface area contributed by atoms with Gasteiger partial charge in [-0.05, 0) is 51.8 Å². The van der Waals surface area contributed by atoms with Crippen LogP contribution in [0, 0.1) is 0 Å². The van der Waals surface area contributed by atoms with E-state index in [0.29, 0.717) is 35.4 Å². The number of aliphatic hydroxyl groups is 1. The number of fused-ring (bicyclic) bond motifs is 10. The van der Waals surface area contributed by atoms with E-state index in [1.807, 2.05) is 17.7 Å². The lowest BCUT2D eigenvalue weighted by Gasteiger charge is -2.30. The lowest BCUT2D eigenvalue weighted by molar-refractivity contribution is 0.0959. The van der Waals surface area contributed by atoms with E-state index in [-0.39, 0.29) is 23.9 Å². The summed E-state index contributed by atoms with van der Waals surface area (Å²) in [5.74, 6) is -0.205. The number of amides is 1. The molecule has 0 unspecified atom stereocenters. The van der Waals surface area contributed by atoms with Crippen molar-refractivity contribution in [2.24, 2.45) is 7.05 Å². The number of nitrogens with one attached hydrogen (secondary N) is 1. The maximum Gasteiger partial charge on any atom is 0.252 e. The number of hydrogen-bond acceptors (Lipinski definition) is 4. The van der Waals surface area contributed by atoms with Gasteiger partial charge in [0.15, 0.2) is 5.78 Å². The molecular formula is C30H34N4O3. The second kappa shape index (κ2) is 8.48. The summed E-state index contributed by atoms with van der Waals surface area (Å²) >= 11 is 0. The minimum Gasteiger partial charge on any atom is -0.512 e. The Balaban J connectivity index is 1.67. The van der Waals surface area contributed by atoms with E-state index in [4.69, 9.17) is 0 Å². The highest BCUT2D eigenvalue weighted by atomic mass is 16.3. The molecule has 0 fully saturated rings. The van der Waals surface area contributed by atoms with E-state index in [1.54, 1.807) is 6.08 Å². The van der Waals surface area contributed by atoms with Crippen molar-refractivity contribution >= 4 is 50.5 Å². The van der Waals surface area contributed by atoms with Gasteiger partial charge in [-0.3, -0.25) is 14.5 Å². The van der Waals surface area contributed by atoms with Gasteiger partial charge in [-0.1, -0.05) is 18.2 Å². The van der Waals surface area contributed by atoms with Crippen LogP contribution in [0.3, 0.4) is 0 Å². The van der Waals surface area contributed by atoms with E-state index in [1.165, 1.54) is 0 Å². The van der Waals surface area contributed by atoms with E-state index < -0.39 is 0 Å². The van der Waals surface area contributed by atoms with Gasteiger partial charge < -0.3 is 19.6 Å². The van der Waals surface area contributed by atoms with Crippen LogP contribution in [0.4, 0.5) is 0 Å². The van der Waals surface area contributed by atoms with Crippen molar-refractivity contribution in [2.75, 3.05) is 6.54 Å². The number of ketones is 1. The zero-order valence-electron chi connectivity index (χ0n) is 22.2. The lowest BCUT2D eigenvalue weighted by atomic mass is 9.93. The van der Waals surface area contributed by atoms with Crippen molar-refractivity contribution in [1.82, 2.24) is 19.4 Å². The molecule has 1 aliphatic heterocycles. The van der Waals surface area contributed by atoms with E-state index in [2.05, 4.69) is 60.7 Å². The van der Waals surface area contributed by atoms with Gasteiger partial charge in [-0.2, -0.15) is 0 Å². The second-order valence-electron chi connectivity index (χ2n) is 11.0. The van der Waals surface area contributed by atoms with Gasteiger partial charge in [0.2, 0.25) is 0 Å². The Kier molecular flexibility index (Phi) is 5.46. The maximum atomic E-state index is 13.2. The van der Waals surface area contributed by atoms with Crippen molar-refractivity contribution < 1.29 is 14.7 Å². The molecule has 0 saturated heterocycles. The highest BCUT2D eigenvalue weighted by Crippen LogP contribution is 2.45. The molecule has 37 heavy (non-hydrogen) atoms. The molecule has 2 aromatic heterocycles. The number of Topliss-reactive ketones (excluding diaryl/α,β-unsaturated/α-hetero) is 1. The molecule has 6 rings (SSSR count). The number of carbonyl (C=O) groups excluding carboxylic acids is 2. The van der Waals surface area contributed by atoms with Crippen LogP contribution in [-0.2, 0) is 20.1 Å². The summed E-state index contributed by atoms with van der Waals surface area (Å²) in [5.41, 5.74) is 5.91. The fraction of sp³-hybridized carbons (Fsp3) is 0.400. The summed E-state index contributed by atoms with van der Waals surface area (Å²) in [6, 6.07) is 9.34. The summed E-state index contributed by atoms with van der Waals surface area (Å²) in [7, 11) is 1.91. The Morgan fingerprint density at radius 3 is 2.51 bits per heavy atom. The molecule has 0 spiro atoms. The number of hydrogen-bond donors (Lipinski definition) is 2. The second-order valence-corrected chi connectivity index (χ2v) is 11.0. The van der Waals surface area contributed by atoms with Crippen molar-refractivity contribution in [2.45, 2.75) is 65.7 Å². The molecule has 2 aromatic carbocycles. The normalized spacial score (nSPS) is 15.5. The predicted molar refractivity (Wildman–Crippen MR) is 148 cm³/mol. The zero-order valence-corrected chi connectivity index (χ0v) is 22.2. The topological polar surface area (TPSA) is 79.5 Å². The largest absolute Gasteiger partial charge is 0.512 e. The van der Waals surface area contributed by atoms with Crippen LogP contribution in [-0.4, -0.2) is 49.5 Å². The molecule has 0 atom stereocenters. The van der Waals surface area contributed by atoms with E-state index in [0.717, 1.165) is 57.8 Å². The molecule has 192 valence electrons. The Hall–Kier alpha value is -3.58. The number of rotatable bonds is 6. The van der Waals surface area contributed by atoms with Gasteiger partial charge in [-0.15, -0.1) is 0 Å². The van der Waals surface area contributed by atoms with Crippen LogP contribution >= 0.6 is 0 Å². The van der Waals surface area contributed by atoms with E-state index >= 15 is 0 Å². The average Bonchev–Trinajstić information content (AvgIpc) is 3.46. The van der Waals surface area contributed by atoms with Gasteiger partial charge in [-0.25, -0.2) is 0 Å². The summed E-state index contributed by atoms with van der Waals surface area (Å²) in [4.78, 5) is 28.8. The first-order chi connectivity index (χ1) is 17.7. The number of benzene rings is 2. The van der Waals surface area contributed by atoms with Crippen molar-refractivity contribution in [3.05, 3.63) is 52.4 Å². The standard InChI is InChI=1S/C30H34N4O3/c1-16(2)33(17(3)4)11-8-12-34-22-10-7-6-9-19(22)24-21-15-31-30(37)26(21)25-20-13-18(35)14-23(36)27(20)32(5)28(25)29(24)34/h6-7,9-10,13,16-17,35H,8,11-12,14-15H2,1-5H3,(H,31,37). The first kappa shape index (κ1) is 23.8. The lowest BCUT2D eigenvalue weighted by Crippen LogP contribution is -2.38. The molecule has 0 bridgehead atoms. The van der Waals surface area contributed by atoms with Crippen LogP contribution in [0.1, 0.15) is 72.5 Å². The first-order valence-corrected chi connectivity index (χ1v) is 13.3. The first-order valence-electron chi connectivity index (χ1n) is 13.3. The number of nitrogens with zero attached hydrogens (tertiary/aromatic N) is 3. The smallest absolute Gasteiger partial charge is 0.252 e. The molecule has 1 amide bonds. The van der Waals surface area contributed by atoms with Gasteiger partial charge in [0.05, 0.1) is 28.7 Å². The summed E-state index contributed by atoms with van der Waals surface area (Å²) in [6.07, 6.45) is 2.63. The minimum absolute atomic E-state index is 0.0160. The van der Waals surface area contributed by atoms with Crippen molar-refractivity contribution in [3.63, 3.8) is 0 Å². The zero-order chi connectivity index (χ0) is 26.2. The molecule has 1 aliphatic carbocycles.